The minimum absolute atomic E-state index is 0. The first kappa shape index (κ1) is 17.9. The smallest absolute Gasteiger partial charge is 0.188 e. The number of nitrogens with two attached hydrogens (primary N) is 1. The Bertz CT molecular complexity index is 534. The summed E-state index contributed by atoms with van der Waals surface area (Å²) in [5.74, 6) is -0.742. The second-order valence-electron chi connectivity index (χ2n) is 5.39. The van der Waals surface area contributed by atoms with Crippen molar-refractivity contribution < 1.29 is 8.78 Å². The molecule has 3 nitrogen and oxygen atoms in total. The Hall–Kier alpha value is -1.18. The van der Waals surface area contributed by atoms with Gasteiger partial charge in [-0.1, -0.05) is 18.2 Å². The van der Waals surface area contributed by atoms with E-state index in [1.54, 1.807) is 0 Å². The van der Waals surface area contributed by atoms with Crippen molar-refractivity contribution in [3.63, 3.8) is 0 Å². The Morgan fingerprint density at radius 2 is 1.95 bits per heavy atom. The maximum atomic E-state index is 13.8. The summed E-state index contributed by atoms with van der Waals surface area (Å²) in [7, 11) is 0. The highest BCUT2D eigenvalue weighted by Crippen LogP contribution is 2.50. The largest absolute Gasteiger partial charge is 0.370 e. The van der Waals surface area contributed by atoms with Gasteiger partial charge in [-0.15, -0.1) is 24.0 Å². The molecule has 2 rings (SSSR count). The fraction of sp³-hybridized carbons (Fsp3) is 0.400. The van der Waals surface area contributed by atoms with Crippen LogP contribution < -0.4 is 11.1 Å². The third-order valence-electron chi connectivity index (χ3n) is 3.47. The summed E-state index contributed by atoms with van der Waals surface area (Å²) in [6.07, 6.45) is 1.45. The molecule has 1 aromatic rings. The summed E-state index contributed by atoms with van der Waals surface area (Å²) in [6.45, 7) is 6.45. The first-order valence-electron chi connectivity index (χ1n) is 6.57. The summed E-state index contributed by atoms with van der Waals surface area (Å²) in [5, 5.41) is 2.90. The van der Waals surface area contributed by atoms with E-state index < -0.39 is 17.0 Å². The Balaban J connectivity index is 0.00000220. The first-order valence-corrected chi connectivity index (χ1v) is 6.57. The molecule has 0 saturated heterocycles. The fourth-order valence-corrected chi connectivity index (χ4v) is 2.18. The number of rotatable bonds is 5. The number of nitrogens with zero attached hydrogens (tertiary/aromatic N) is 1. The lowest BCUT2D eigenvalue weighted by molar-refractivity contribution is 0.517. The van der Waals surface area contributed by atoms with Crippen LogP contribution in [0.25, 0.3) is 0 Å². The third-order valence-corrected chi connectivity index (χ3v) is 3.47. The Labute approximate surface area is 140 Å². The predicted molar refractivity (Wildman–Crippen MR) is 92.0 cm³/mol. The highest BCUT2D eigenvalue weighted by Gasteiger charge is 2.47. The average molecular weight is 407 g/mol. The van der Waals surface area contributed by atoms with Gasteiger partial charge in [0.1, 0.15) is 11.6 Å². The normalized spacial score (nSPS) is 16.0. The van der Waals surface area contributed by atoms with Crippen molar-refractivity contribution in [3.05, 3.63) is 47.5 Å². The van der Waals surface area contributed by atoms with Crippen molar-refractivity contribution in [2.75, 3.05) is 13.1 Å². The molecule has 1 fully saturated rings. The SMILES string of the molecule is C=C(C)CNC(N)=NCC1(c2c(F)cccc2F)CC1.I. The molecule has 0 amide bonds. The van der Waals surface area contributed by atoms with Crippen molar-refractivity contribution in [2.24, 2.45) is 10.7 Å². The topological polar surface area (TPSA) is 50.4 Å². The van der Waals surface area contributed by atoms with Gasteiger partial charge in [0, 0.05) is 17.5 Å². The number of guanidine groups is 1. The van der Waals surface area contributed by atoms with E-state index >= 15 is 0 Å². The lowest BCUT2D eigenvalue weighted by Gasteiger charge is -2.15. The summed E-state index contributed by atoms with van der Waals surface area (Å²) >= 11 is 0. The molecule has 21 heavy (non-hydrogen) atoms. The summed E-state index contributed by atoms with van der Waals surface area (Å²) in [6, 6.07) is 3.94. The molecule has 0 radical (unpaired) electrons. The van der Waals surface area contributed by atoms with Crippen LogP contribution in [-0.4, -0.2) is 19.0 Å². The van der Waals surface area contributed by atoms with E-state index in [4.69, 9.17) is 5.73 Å². The lowest BCUT2D eigenvalue weighted by Crippen LogP contribution is -2.33. The molecular formula is C15H20F2IN3. The van der Waals surface area contributed by atoms with Gasteiger partial charge in [0.15, 0.2) is 5.96 Å². The first-order chi connectivity index (χ1) is 9.44. The van der Waals surface area contributed by atoms with Crippen molar-refractivity contribution in [1.29, 1.82) is 0 Å². The van der Waals surface area contributed by atoms with Crippen LogP contribution in [0.3, 0.4) is 0 Å². The zero-order chi connectivity index (χ0) is 14.8. The minimum Gasteiger partial charge on any atom is -0.370 e. The predicted octanol–water partition coefficient (Wildman–Crippen LogP) is 3.09. The van der Waals surface area contributed by atoms with Crippen LogP contribution in [0.15, 0.2) is 35.3 Å². The molecule has 0 bridgehead atoms. The van der Waals surface area contributed by atoms with Crippen LogP contribution in [0.2, 0.25) is 0 Å². The molecule has 0 spiro atoms. The van der Waals surface area contributed by atoms with Gasteiger partial charge in [0.2, 0.25) is 0 Å². The van der Waals surface area contributed by atoms with Gasteiger partial charge >= 0.3 is 0 Å². The Morgan fingerprint density at radius 3 is 2.43 bits per heavy atom. The molecule has 0 aromatic heterocycles. The highest BCUT2D eigenvalue weighted by atomic mass is 127. The van der Waals surface area contributed by atoms with E-state index in [0.29, 0.717) is 13.1 Å². The second-order valence-corrected chi connectivity index (χ2v) is 5.39. The van der Waals surface area contributed by atoms with E-state index in [1.807, 2.05) is 6.92 Å². The molecule has 3 N–H and O–H groups in total. The van der Waals surface area contributed by atoms with Crippen molar-refractivity contribution >= 4 is 29.9 Å². The Morgan fingerprint density at radius 1 is 1.38 bits per heavy atom. The number of hydrogen-bond donors (Lipinski definition) is 2. The Kier molecular flexibility index (Phi) is 6.12. The number of hydrogen-bond acceptors (Lipinski definition) is 1. The molecule has 1 aliphatic carbocycles. The van der Waals surface area contributed by atoms with Crippen LogP contribution in [0.1, 0.15) is 25.3 Å². The molecule has 1 aromatic carbocycles. The van der Waals surface area contributed by atoms with Crippen molar-refractivity contribution in [1.82, 2.24) is 5.32 Å². The monoisotopic (exact) mass is 407 g/mol. The van der Waals surface area contributed by atoms with E-state index in [1.165, 1.54) is 18.2 Å². The molecule has 0 unspecified atom stereocenters. The molecule has 6 heteroatoms. The van der Waals surface area contributed by atoms with Crippen LogP contribution in [0.5, 0.6) is 0 Å². The highest BCUT2D eigenvalue weighted by molar-refractivity contribution is 14.0. The van der Waals surface area contributed by atoms with Gasteiger partial charge in [-0.3, -0.25) is 4.99 Å². The second kappa shape index (κ2) is 7.20. The third kappa shape index (κ3) is 4.39. The van der Waals surface area contributed by atoms with Crippen LogP contribution in [-0.2, 0) is 5.41 Å². The summed E-state index contributed by atoms with van der Waals surface area (Å²) in [4.78, 5) is 4.20. The van der Waals surface area contributed by atoms with E-state index in [2.05, 4.69) is 16.9 Å². The van der Waals surface area contributed by atoms with E-state index in [0.717, 1.165) is 18.4 Å². The number of benzene rings is 1. The summed E-state index contributed by atoms with van der Waals surface area (Å²) < 4.78 is 27.6. The number of aliphatic imine (C=N–C) groups is 1. The fourth-order valence-electron chi connectivity index (χ4n) is 2.18. The zero-order valence-corrected chi connectivity index (χ0v) is 14.3. The van der Waals surface area contributed by atoms with E-state index in [-0.39, 0.29) is 35.5 Å². The number of halogens is 3. The zero-order valence-electron chi connectivity index (χ0n) is 12.0. The van der Waals surface area contributed by atoms with E-state index in [9.17, 15) is 8.78 Å². The molecule has 0 aliphatic heterocycles. The molecule has 0 atom stereocenters. The molecule has 1 saturated carbocycles. The van der Waals surface area contributed by atoms with Gasteiger partial charge in [0.05, 0.1) is 6.54 Å². The molecular weight excluding hydrogens is 387 g/mol. The van der Waals surface area contributed by atoms with Gasteiger partial charge in [-0.05, 0) is 31.9 Å². The average Bonchev–Trinajstić information content (AvgIpc) is 3.15. The van der Waals surface area contributed by atoms with Crippen molar-refractivity contribution in [2.45, 2.75) is 25.2 Å². The van der Waals surface area contributed by atoms with Gasteiger partial charge in [0.25, 0.3) is 0 Å². The van der Waals surface area contributed by atoms with Crippen LogP contribution >= 0.6 is 24.0 Å². The maximum absolute atomic E-state index is 13.8. The number of nitrogens with one attached hydrogen (secondary N) is 1. The molecule has 0 heterocycles. The molecule has 1 aliphatic rings. The maximum Gasteiger partial charge on any atom is 0.188 e. The van der Waals surface area contributed by atoms with Crippen LogP contribution in [0, 0.1) is 11.6 Å². The summed E-state index contributed by atoms with van der Waals surface area (Å²) in [5.41, 5.74) is 6.25. The quantitative estimate of drug-likeness (QED) is 0.341. The minimum atomic E-state index is -0.537. The van der Waals surface area contributed by atoms with Gasteiger partial charge in [-0.25, -0.2) is 8.78 Å². The lowest BCUT2D eigenvalue weighted by atomic mass is 9.95. The standard InChI is InChI=1S/C15H19F2N3.HI/c1-10(2)8-19-14(18)20-9-15(6-7-15)13-11(16)4-3-5-12(13)17;/h3-5H,1,6-9H2,2H3,(H3,18,19,20);1H. The van der Waals surface area contributed by atoms with Gasteiger partial charge < -0.3 is 11.1 Å². The van der Waals surface area contributed by atoms with Crippen LogP contribution in [0.4, 0.5) is 8.78 Å². The van der Waals surface area contributed by atoms with Gasteiger partial charge in [-0.2, -0.15) is 0 Å². The molecule has 116 valence electrons. The van der Waals surface area contributed by atoms with Crippen molar-refractivity contribution in [3.8, 4) is 0 Å².